The SMILES string of the molecule is CCN(CCCNC1CCCC(C)C1C)S(C)(=O)=O. The lowest BCUT2D eigenvalue weighted by atomic mass is 9.78. The predicted molar refractivity (Wildman–Crippen MR) is 80.7 cm³/mol. The fourth-order valence-electron chi connectivity index (χ4n) is 2.97. The maximum atomic E-state index is 11.5. The molecule has 3 unspecified atom stereocenters. The fourth-order valence-corrected chi connectivity index (χ4v) is 3.90. The zero-order valence-corrected chi connectivity index (χ0v) is 13.7. The summed E-state index contributed by atoms with van der Waals surface area (Å²) < 4.78 is 24.5. The molecule has 0 saturated heterocycles. The van der Waals surface area contributed by atoms with Crippen molar-refractivity contribution in [2.75, 3.05) is 25.9 Å². The van der Waals surface area contributed by atoms with Crippen molar-refractivity contribution in [3.05, 3.63) is 0 Å². The number of sulfonamides is 1. The number of nitrogens with one attached hydrogen (secondary N) is 1. The zero-order chi connectivity index (χ0) is 14.5. The molecule has 0 aromatic carbocycles. The van der Waals surface area contributed by atoms with Crippen molar-refractivity contribution in [1.29, 1.82) is 0 Å². The van der Waals surface area contributed by atoms with Crippen LogP contribution in [-0.4, -0.2) is 44.7 Å². The summed E-state index contributed by atoms with van der Waals surface area (Å²) in [5, 5.41) is 3.61. The molecule has 0 aromatic rings. The quantitative estimate of drug-likeness (QED) is 0.730. The lowest BCUT2D eigenvalue weighted by Gasteiger charge is -2.35. The van der Waals surface area contributed by atoms with Gasteiger partial charge in [0.05, 0.1) is 6.26 Å². The van der Waals surface area contributed by atoms with Crippen molar-refractivity contribution in [3.8, 4) is 0 Å². The highest BCUT2D eigenvalue weighted by Crippen LogP contribution is 2.29. The van der Waals surface area contributed by atoms with Gasteiger partial charge in [0.2, 0.25) is 10.0 Å². The summed E-state index contributed by atoms with van der Waals surface area (Å²) in [6, 6.07) is 0.608. The first kappa shape index (κ1) is 16.9. The van der Waals surface area contributed by atoms with Gasteiger partial charge in [0.15, 0.2) is 0 Å². The number of nitrogens with zero attached hydrogens (tertiary/aromatic N) is 1. The van der Waals surface area contributed by atoms with Crippen molar-refractivity contribution in [1.82, 2.24) is 9.62 Å². The van der Waals surface area contributed by atoms with Gasteiger partial charge in [0.25, 0.3) is 0 Å². The molecule has 1 aliphatic carbocycles. The Morgan fingerprint density at radius 2 is 1.95 bits per heavy atom. The van der Waals surface area contributed by atoms with E-state index >= 15 is 0 Å². The second-order valence-corrected chi connectivity index (χ2v) is 7.92. The minimum Gasteiger partial charge on any atom is -0.314 e. The van der Waals surface area contributed by atoms with E-state index in [1.807, 2.05) is 6.92 Å². The standard InChI is InChI=1S/C14H30N2O2S/c1-5-16(19(4,17)18)11-7-10-15-14-9-6-8-12(2)13(14)3/h12-15H,5-11H2,1-4H3. The molecule has 1 N–H and O–H groups in total. The van der Waals surface area contributed by atoms with Gasteiger partial charge in [0.1, 0.15) is 0 Å². The first-order chi connectivity index (χ1) is 8.86. The largest absolute Gasteiger partial charge is 0.314 e. The van der Waals surface area contributed by atoms with Crippen molar-refractivity contribution < 1.29 is 8.42 Å². The monoisotopic (exact) mass is 290 g/mol. The van der Waals surface area contributed by atoms with E-state index in [0.717, 1.165) is 24.8 Å². The maximum Gasteiger partial charge on any atom is 0.211 e. The molecule has 114 valence electrons. The molecule has 5 heteroatoms. The van der Waals surface area contributed by atoms with Crippen LogP contribution in [0.25, 0.3) is 0 Å². The van der Waals surface area contributed by atoms with Crippen molar-refractivity contribution in [2.45, 2.75) is 52.5 Å². The van der Waals surface area contributed by atoms with Crippen LogP contribution in [0.2, 0.25) is 0 Å². The molecule has 1 rings (SSSR count). The fraction of sp³-hybridized carbons (Fsp3) is 1.00. The Bertz CT molecular complexity index is 356. The molecule has 0 spiro atoms. The highest BCUT2D eigenvalue weighted by molar-refractivity contribution is 7.88. The van der Waals surface area contributed by atoms with Crippen LogP contribution in [0.15, 0.2) is 0 Å². The van der Waals surface area contributed by atoms with Gasteiger partial charge in [-0.1, -0.05) is 33.6 Å². The highest BCUT2D eigenvalue weighted by atomic mass is 32.2. The average molecular weight is 290 g/mol. The van der Waals surface area contributed by atoms with Crippen molar-refractivity contribution >= 4 is 10.0 Å². The molecule has 0 radical (unpaired) electrons. The Labute approximate surface area is 119 Å². The molecule has 0 heterocycles. The molecule has 1 saturated carbocycles. The summed E-state index contributed by atoms with van der Waals surface area (Å²) in [6.07, 6.45) is 6.09. The van der Waals surface area contributed by atoms with Crippen LogP contribution in [0, 0.1) is 11.8 Å². The molecule has 4 nitrogen and oxygen atoms in total. The Hall–Kier alpha value is -0.130. The summed E-state index contributed by atoms with van der Waals surface area (Å²) >= 11 is 0. The zero-order valence-electron chi connectivity index (χ0n) is 12.9. The minimum absolute atomic E-state index is 0.565. The van der Waals surface area contributed by atoms with E-state index in [-0.39, 0.29) is 0 Å². The van der Waals surface area contributed by atoms with Gasteiger partial charge in [-0.25, -0.2) is 12.7 Å². The second-order valence-electron chi connectivity index (χ2n) is 5.94. The van der Waals surface area contributed by atoms with Crippen LogP contribution >= 0.6 is 0 Å². The predicted octanol–water partition coefficient (Wildman–Crippen LogP) is 2.07. The van der Waals surface area contributed by atoms with E-state index in [1.165, 1.54) is 25.5 Å². The van der Waals surface area contributed by atoms with Crippen LogP contribution in [-0.2, 0) is 10.0 Å². The third kappa shape index (κ3) is 5.40. The third-order valence-corrected chi connectivity index (χ3v) is 5.90. The van der Waals surface area contributed by atoms with E-state index in [9.17, 15) is 8.42 Å². The average Bonchev–Trinajstić information content (AvgIpc) is 2.32. The number of rotatable bonds is 7. The first-order valence-electron chi connectivity index (χ1n) is 7.54. The van der Waals surface area contributed by atoms with Gasteiger partial charge >= 0.3 is 0 Å². The second kappa shape index (κ2) is 7.60. The summed E-state index contributed by atoms with van der Waals surface area (Å²) in [5.74, 6) is 1.53. The van der Waals surface area contributed by atoms with Gasteiger partial charge in [0, 0.05) is 19.1 Å². The van der Waals surface area contributed by atoms with Gasteiger partial charge in [-0.2, -0.15) is 0 Å². The van der Waals surface area contributed by atoms with Crippen LogP contribution in [0.3, 0.4) is 0 Å². The van der Waals surface area contributed by atoms with Crippen LogP contribution in [0.4, 0.5) is 0 Å². The molecular weight excluding hydrogens is 260 g/mol. The molecule has 1 fully saturated rings. The van der Waals surface area contributed by atoms with Gasteiger partial charge in [-0.05, 0) is 31.2 Å². The van der Waals surface area contributed by atoms with Gasteiger partial charge < -0.3 is 5.32 Å². The summed E-state index contributed by atoms with van der Waals surface area (Å²) in [4.78, 5) is 0. The molecule has 1 aliphatic rings. The van der Waals surface area contributed by atoms with E-state index in [4.69, 9.17) is 0 Å². The normalized spacial score (nSPS) is 28.8. The first-order valence-corrected chi connectivity index (χ1v) is 9.39. The third-order valence-electron chi connectivity index (χ3n) is 4.52. The Morgan fingerprint density at radius 1 is 1.26 bits per heavy atom. The smallest absolute Gasteiger partial charge is 0.211 e. The van der Waals surface area contributed by atoms with E-state index < -0.39 is 10.0 Å². The molecule has 0 aromatic heterocycles. The van der Waals surface area contributed by atoms with Crippen molar-refractivity contribution in [2.24, 2.45) is 11.8 Å². The van der Waals surface area contributed by atoms with Gasteiger partial charge in [-0.15, -0.1) is 0 Å². The summed E-state index contributed by atoms with van der Waals surface area (Å²) in [5.41, 5.74) is 0. The van der Waals surface area contributed by atoms with E-state index in [0.29, 0.717) is 19.1 Å². The molecule has 0 bridgehead atoms. The topological polar surface area (TPSA) is 49.4 Å². The Balaban J connectivity index is 2.27. The Morgan fingerprint density at radius 3 is 2.53 bits per heavy atom. The van der Waals surface area contributed by atoms with Crippen molar-refractivity contribution in [3.63, 3.8) is 0 Å². The minimum atomic E-state index is -3.03. The molecule has 0 aliphatic heterocycles. The molecule has 0 amide bonds. The number of hydrogen-bond acceptors (Lipinski definition) is 3. The molecule has 19 heavy (non-hydrogen) atoms. The van der Waals surface area contributed by atoms with E-state index in [1.54, 1.807) is 4.31 Å². The molecule has 3 atom stereocenters. The van der Waals surface area contributed by atoms with Gasteiger partial charge in [-0.3, -0.25) is 0 Å². The van der Waals surface area contributed by atoms with Crippen LogP contribution < -0.4 is 5.32 Å². The highest BCUT2D eigenvalue weighted by Gasteiger charge is 2.26. The Kier molecular flexibility index (Phi) is 6.77. The summed E-state index contributed by atoms with van der Waals surface area (Å²) in [7, 11) is -3.03. The maximum absolute atomic E-state index is 11.5. The summed E-state index contributed by atoms with van der Waals surface area (Å²) in [6.45, 7) is 8.65. The van der Waals surface area contributed by atoms with E-state index in [2.05, 4.69) is 19.2 Å². The number of hydrogen-bond donors (Lipinski definition) is 1. The van der Waals surface area contributed by atoms with Crippen LogP contribution in [0.1, 0.15) is 46.5 Å². The molecular formula is C14H30N2O2S. The lowest BCUT2D eigenvalue weighted by Crippen LogP contribution is -2.42. The lowest BCUT2D eigenvalue weighted by molar-refractivity contribution is 0.206. The van der Waals surface area contributed by atoms with Crippen LogP contribution in [0.5, 0.6) is 0 Å².